The highest BCUT2D eigenvalue weighted by molar-refractivity contribution is 5.93. The van der Waals surface area contributed by atoms with Crippen LogP contribution in [-0.2, 0) is 4.79 Å². The van der Waals surface area contributed by atoms with Crippen LogP contribution in [0.1, 0.15) is 36.5 Å². The average molecular weight is 415 g/mol. The second kappa shape index (κ2) is 8.64. The number of aromatic nitrogens is 1. The van der Waals surface area contributed by atoms with Crippen molar-refractivity contribution in [1.82, 2.24) is 4.98 Å². The lowest BCUT2D eigenvalue weighted by Gasteiger charge is -2.15. The third-order valence-electron chi connectivity index (χ3n) is 5.28. The molecule has 158 valence electrons. The zero-order valence-electron chi connectivity index (χ0n) is 18.2. The van der Waals surface area contributed by atoms with Crippen molar-refractivity contribution in [2.24, 2.45) is 0 Å². The summed E-state index contributed by atoms with van der Waals surface area (Å²) in [5.74, 6) is 1.39. The Balaban J connectivity index is 1.50. The van der Waals surface area contributed by atoms with Crippen LogP contribution < -0.4 is 10.1 Å². The number of aryl methyl sites for hydroxylation is 1. The number of nitrogens with one attached hydrogen (secondary N) is 1. The first-order valence-electron chi connectivity index (χ1n) is 10.4. The smallest absolute Gasteiger partial charge is 0.262 e. The maximum atomic E-state index is 12.6. The van der Waals surface area contributed by atoms with Crippen molar-refractivity contribution in [2.75, 3.05) is 11.9 Å². The molecule has 0 saturated carbocycles. The SMILES string of the molecule is Cc1ccc(C(C)C)c(OCC(=O)Nc2cccc(-c3nc4ccccc4o3)c2C)c1. The number of oxazole rings is 1. The van der Waals surface area contributed by atoms with Gasteiger partial charge in [0.15, 0.2) is 12.2 Å². The normalized spacial score (nSPS) is 11.1. The number of hydrogen-bond acceptors (Lipinski definition) is 4. The molecule has 0 atom stereocenters. The van der Waals surface area contributed by atoms with Gasteiger partial charge in [0.25, 0.3) is 5.91 Å². The fraction of sp³-hybridized carbons (Fsp3) is 0.231. The van der Waals surface area contributed by atoms with Gasteiger partial charge in [0.05, 0.1) is 0 Å². The van der Waals surface area contributed by atoms with Gasteiger partial charge < -0.3 is 14.5 Å². The minimum atomic E-state index is -0.214. The Kier molecular flexibility index (Phi) is 5.76. The maximum Gasteiger partial charge on any atom is 0.262 e. The van der Waals surface area contributed by atoms with Crippen molar-refractivity contribution >= 4 is 22.7 Å². The fourth-order valence-corrected chi connectivity index (χ4v) is 3.56. The molecule has 0 bridgehead atoms. The number of anilines is 1. The topological polar surface area (TPSA) is 64.4 Å². The van der Waals surface area contributed by atoms with Gasteiger partial charge in [-0.2, -0.15) is 0 Å². The summed E-state index contributed by atoms with van der Waals surface area (Å²) in [6.07, 6.45) is 0. The number of para-hydroxylation sites is 2. The molecule has 1 aromatic heterocycles. The number of amides is 1. The molecule has 1 amide bonds. The van der Waals surface area contributed by atoms with Crippen LogP contribution in [0.15, 0.2) is 65.1 Å². The summed E-state index contributed by atoms with van der Waals surface area (Å²) >= 11 is 0. The number of fused-ring (bicyclic) bond motifs is 1. The minimum absolute atomic E-state index is 0.0598. The van der Waals surface area contributed by atoms with Crippen LogP contribution in [0, 0.1) is 13.8 Å². The van der Waals surface area contributed by atoms with Crippen LogP contribution in [0.5, 0.6) is 5.75 Å². The molecule has 0 spiro atoms. The van der Waals surface area contributed by atoms with E-state index in [1.54, 1.807) is 0 Å². The Morgan fingerprint density at radius 2 is 1.87 bits per heavy atom. The summed E-state index contributed by atoms with van der Waals surface area (Å²) in [6.45, 7) is 8.11. The van der Waals surface area contributed by atoms with Gasteiger partial charge in [-0.25, -0.2) is 4.98 Å². The predicted molar refractivity (Wildman–Crippen MR) is 124 cm³/mol. The summed E-state index contributed by atoms with van der Waals surface area (Å²) in [5, 5.41) is 2.95. The Labute approximate surface area is 182 Å². The van der Waals surface area contributed by atoms with Gasteiger partial charge in [0.2, 0.25) is 5.89 Å². The van der Waals surface area contributed by atoms with Gasteiger partial charge in [0, 0.05) is 11.3 Å². The van der Waals surface area contributed by atoms with Crippen molar-refractivity contribution in [3.8, 4) is 17.2 Å². The van der Waals surface area contributed by atoms with Gasteiger partial charge in [-0.15, -0.1) is 0 Å². The molecule has 31 heavy (non-hydrogen) atoms. The summed E-state index contributed by atoms with van der Waals surface area (Å²) < 4.78 is 11.8. The molecule has 0 aliphatic heterocycles. The first-order valence-corrected chi connectivity index (χ1v) is 10.4. The molecule has 3 aromatic carbocycles. The van der Waals surface area contributed by atoms with Crippen LogP contribution in [-0.4, -0.2) is 17.5 Å². The van der Waals surface area contributed by atoms with E-state index in [2.05, 4.69) is 36.3 Å². The molecule has 5 nitrogen and oxygen atoms in total. The summed E-state index contributed by atoms with van der Waals surface area (Å²) in [4.78, 5) is 17.2. The maximum absolute atomic E-state index is 12.6. The first-order chi connectivity index (χ1) is 14.9. The quantitative estimate of drug-likeness (QED) is 0.405. The average Bonchev–Trinajstić information content (AvgIpc) is 3.17. The number of ether oxygens (including phenoxy) is 1. The van der Waals surface area contributed by atoms with Gasteiger partial charge in [-0.05, 0) is 66.8 Å². The van der Waals surface area contributed by atoms with E-state index in [1.807, 2.05) is 62.4 Å². The van der Waals surface area contributed by atoms with Crippen molar-refractivity contribution in [3.05, 3.63) is 77.4 Å². The second-order valence-electron chi connectivity index (χ2n) is 8.00. The monoisotopic (exact) mass is 414 g/mol. The van der Waals surface area contributed by atoms with E-state index >= 15 is 0 Å². The highest BCUT2D eigenvalue weighted by Gasteiger charge is 2.15. The zero-order chi connectivity index (χ0) is 22.0. The number of carbonyl (C=O) groups excluding carboxylic acids is 1. The van der Waals surface area contributed by atoms with E-state index in [1.165, 1.54) is 0 Å². The Hall–Kier alpha value is -3.60. The summed E-state index contributed by atoms with van der Waals surface area (Å²) in [5.41, 5.74) is 6.17. The minimum Gasteiger partial charge on any atom is -0.483 e. The third kappa shape index (κ3) is 4.45. The van der Waals surface area contributed by atoms with Crippen LogP contribution >= 0.6 is 0 Å². The summed E-state index contributed by atoms with van der Waals surface area (Å²) in [7, 11) is 0. The van der Waals surface area contributed by atoms with E-state index in [0.29, 0.717) is 17.5 Å². The number of carbonyl (C=O) groups is 1. The molecule has 5 heteroatoms. The van der Waals surface area contributed by atoms with Gasteiger partial charge in [-0.1, -0.05) is 44.2 Å². The van der Waals surface area contributed by atoms with E-state index in [0.717, 1.165) is 39.1 Å². The van der Waals surface area contributed by atoms with Crippen molar-refractivity contribution in [3.63, 3.8) is 0 Å². The largest absolute Gasteiger partial charge is 0.483 e. The van der Waals surface area contributed by atoms with Gasteiger partial charge >= 0.3 is 0 Å². The van der Waals surface area contributed by atoms with E-state index < -0.39 is 0 Å². The molecule has 1 heterocycles. The van der Waals surface area contributed by atoms with Crippen molar-refractivity contribution in [2.45, 2.75) is 33.6 Å². The number of benzene rings is 3. The van der Waals surface area contributed by atoms with Crippen LogP contribution in [0.2, 0.25) is 0 Å². The summed E-state index contributed by atoms with van der Waals surface area (Å²) in [6, 6.07) is 19.4. The zero-order valence-corrected chi connectivity index (χ0v) is 18.2. The Morgan fingerprint density at radius 1 is 1.06 bits per heavy atom. The number of hydrogen-bond donors (Lipinski definition) is 1. The van der Waals surface area contributed by atoms with E-state index in [9.17, 15) is 4.79 Å². The number of nitrogens with zero attached hydrogens (tertiary/aromatic N) is 1. The molecule has 0 aliphatic rings. The van der Waals surface area contributed by atoms with E-state index in [-0.39, 0.29) is 12.5 Å². The highest BCUT2D eigenvalue weighted by Crippen LogP contribution is 2.31. The van der Waals surface area contributed by atoms with Crippen LogP contribution in [0.25, 0.3) is 22.6 Å². The third-order valence-corrected chi connectivity index (χ3v) is 5.28. The lowest BCUT2D eigenvalue weighted by atomic mass is 10.0. The first kappa shape index (κ1) is 20.7. The lowest BCUT2D eigenvalue weighted by Crippen LogP contribution is -2.21. The molecular formula is C26H26N2O3. The Morgan fingerprint density at radius 3 is 2.65 bits per heavy atom. The van der Waals surface area contributed by atoms with E-state index in [4.69, 9.17) is 9.15 Å². The Bertz CT molecular complexity index is 1210. The lowest BCUT2D eigenvalue weighted by molar-refractivity contribution is -0.118. The fourth-order valence-electron chi connectivity index (χ4n) is 3.56. The molecule has 0 radical (unpaired) electrons. The standard InChI is InChI=1S/C26H26N2O3/c1-16(2)19-13-12-17(3)14-24(19)30-15-25(29)27-21-10-7-8-20(18(21)4)26-28-22-9-5-6-11-23(22)31-26/h5-14,16H,15H2,1-4H3,(H,27,29). The molecular weight excluding hydrogens is 388 g/mol. The second-order valence-corrected chi connectivity index (χ2v) is 8.00. The molecule has 0 aliphatic carbocycles. The predicted octanol–water partition coefficient (Wildman–Crippen LogP) is 6.25. The van der Waals surface area contributed by atoms with Gasteiger partial charge in [-0.3, -0.25) is 4.79 Å². The van der Waals surface area contributed by atoms with Crippen LogP contribution in [0.4, 0.5) is 5.69 Å². The van der Waals surface area contributed by atoms with Crippen LogP contribution in [0.3, 0.4) is 0 Å². The number of rotatable bonds is 6. The van der Waals surface area contributed by atoms with Crippen molar-refractivity contribution < 1.29 is 13.9 Å². The van der Waals surface area contributed by atoms with Gasteiger partial charge in [0.1, 0.15) is 11.3 Å². The molecule has 0 unspecified atom stereocenters. The highest BCUT2D eigenvalue weighted by atomic mass is 16.5. The molecule has 0 fully saturated rings. The van der Waals surface area contributed by atoms with Crippen molar-refractivity contribution in [1.29, 1.82) is 0 Å². The molecule has 4 rings (SSSR count). The molecule has 1 N–H and O–H groups in total. The molecule has 4 aromatic rings. The molecule has 0 saturated heterocycles.